The Kier molecular flexibility index (Phi) is 2.56. The Labute approximate surface area is 91.5 Å². The molecule has 0 radical (unpaired) electrons. The van der Waals surface area contributed by atoms with Gasteiger partial charge in [-0.15, -0.1) is 0 Å². The molecule has 0 spiro atoms. The van der Waals surface area contributed by atoms with Gasteiger partial charge in [0.05, 0.1) is 11.4 Å². The molecule has 1 heterocycles. The van der Waals surface area contributed by atoms with Crippen molar-refractivity contribution in [2.45, 2.75) is 0 Å². The molecule has 2 N–H and O–H groups in total. The number of nitrogens with two attached hydrogens (primary N) is 1. The van der Waals surface area contributed by atoms with Gasteiger partial charge in [0.1, 0.15) is 5.82 Å². The molecule has 2 aromatic rings. The Balaban J connectivity index is 2.45. The van der Waals surface area contributed by atoms with Crippen LogP contribution in [0.3, 0.4) is 0 Å². The lowest BCUT2D eigenvalue weighted by Gasteiger charge is -2.02. The van der Waals surface area contributed by atoms with Gasteiger partial charge in [-0.05, 0) is 36.4 Å². The molecule has 0 saturated carbocycles. The van der Waals surface area contributed by atoms with Crippen LogP contribution in [-0.4, -0.2) is 4.98 Å². The quantitative estimate of drug-likeness (QED) is 0.753. The number of hydrogen-bond acceptors (Lipinski definition) is 2. The first-order valence-corrected chi connectivity index (χ1v) is 4.72. The molecule has 15 heavy (non-hydrogen) atoms. The van der Waals surface area contributed by atoms with Gasteiger partial charge in [0.2, 0.25) is 0 Å². The van der Waals surface area contributed by atoms with Crippen LogP contribution < -0.4 is 5.73 Å². The minimum Gasteiger partial charge on any atom is -0.396 e. The SMILES string of the molecule is Nc1ccc(-c2ccc(F)cc2)nc1Cl. The number of nitrogens with zero attached hydrogens (tertiary/aromatic N) is 1. The van der Waals surface area contributed by atoms with Crippen molar-refractivity contribution in [2.75, 3.05) is 5.73 Å². The lowest BCUT2D eigenvalue weighted by atomic mass is 10.1. The molecule has 76 valence electrons. The van der Waals surface area contributed by atoms with E-state index in [0.717, 1.165) is 5.56 Å². The molecule has 1 aromatic carbocycles. The van der Waals surface area contributed by atoms with Crippen molar-refractivity contribution in [3.63, 3.8) is 0 Å². The molecule has 0 aliphatic rings. The second kappa shape index (κ2) is 3.87. The molecule has 0 fully saturated rings. The third kappa shape index (κ3) is 2.07. The Bertz CT molecular complexity index is 482. The van der Waals surface area contributed by atoms with Gasteiger partial charge in [0.25, 0.3) is 0 Å². The van der Waals surface area contributed by atoms with E-state index in [9.17, 15) is 4.39 Å². The molecule has 0 aliphatic heterocycles. The van der Waals surface area contributed by atoms with E-state index in [1.165, 1.54) is 12.1 Å². The van der Waals surface area contributed by atoms with E-state index in [1.807, 2.05) is 0 Å². The van der Waals surface area contributed by atoms with Crippen LogP contribution in [0.4, 0.5) is 10.1 Å². The van der Waals surface area contributed by atoms with Crippen LogP contribution in [0.2, 0.25) is 5.15 Å². The van der Waals surface area contributed by atoms with Crippen molar-refractivity contribution in [1.29, 1.82) is 0 Å². The van der Waals surface area contributed by atoms with E-state index >= 15 is 0 Å². The number of pyridine rings is 1. The van der Waals surface area contributed by atoms with E-state index < -0.39 is 0 Å². The van der Waals surface area contributed by atoms with Crippen molar-refractivity contribution in [3.8, 4) is 11.3 Å². The lowest BCUT2D eigenvalue weighted by Crippen LogP contribution is -1.91. The van der Waals surface area contributed by atoms with Gasteiger partial charge in [0, 0.05) is 5.56 Å². The highest BCUT2D eigenvalue weighted by molar-refractivity contribution is 6.31. The fraction of sp³-hybridized carbons (Fsp3) is 0. The van der Waals surface area contributed by atoms with Crippen molar-refractivity contribution < 1.29 is 4.39 Å². The summed E-state index contributed by atoms with van der Waals surface area (Å²) < 4.78 is 12.7. The Morgan fingerprint density at radius 2 is 1.73 bits per heavy atom. The molecular formula is C11H8ClFN2. The molecule has 0 atom stereocenters. The monoisotopic (exact) mass is 222 g/mol. The van der Waals surface area contributed by atoms with Gasteiger partial charge in [-0.2, -0.15) is 0 Å². The summed E-state index contributed by atoms with van der Waals surface area (Å²) in [7, 11) is 0. The van der Waals surface area contributed by atoms with Crippen molar-refractivity contribution in [3.05, 3.63) is 47.4 Å². The van der Waals surface area contributed by atoms with Crippen molar-refractivity contribution in [2.24, 2.45) is 0 Å². The summed E-state index contributed by atoms with van der Waals surface area (Å²) in [4.78, 5) is 4.09. The maximum atomic E-state index is 12.7. The highest BCUT2D eigenvalue weighted by Gasteiger charge is 2.02. The fourth-order valence-electron chi connectivity index (χ4n) is 1.23. The molecule has 4 heteroatoms. The van der Waals surface area contributed by atoms with Crippen LogP contribution >= 0.6 is 11.6 Å². The van der Waals surface area contributed by atoms with Gasteiger partial charge in [-0.25, -0.2) is 9.37 Å². The third-order valence-electron chi connectivity index (χ3n) is 2.02. The Morgan fingerprint density at radius 1 is 1.07 bits per heavy atom. The van der Waals surface area contributed by atoms with E-state index in [-0.39, 0.29) is 11.0 Å². The first-order valence-electron chi connectivity index (χ1n) is 4.35. The summed E-state index contributed by atoms with van der Waals surface area (Å²) in [5.41, 5.74) is 7.45. The molecule has 0 bridgehead atoms. The smallest absolute Gasteiger partial charge is 0.152 e. The Hall–Kier alpha value is -1.61. The molecule has 0 saturated heterocycles. The topological polar surface area (TPSA) is 38.9 Å². The first kappa shape index (κ1) is 9.93. The zero-order chi connectivity index (χ0) is 10.8. The van der Waals surface area contributed by atoms with Gasteiger partial charge in [-0.1, -0.05) is 11.6 Å². The zero-order valence-corrected chi connectivity index (χ0v) is 8.50. The molecular weight excluding hydrogens is 215 g/mol. The van der Waals surface area contributed by atoms with Gasteiger partial charge in [0.15, 0.2) is 5.15 Å². The first-order chi connectivity index (χ1) is 7.16. The average molecular weight is 223 g/mol. The Morgan fingerprint density at radius 3 is 2.33 bits per heavy atom. The van der Waals surface area contributed by atoms with Crippen LogP contribution in [-0.2, 0) is 0 Å². The number of halogens is 2. The predicted molar refractivity (Wildman–Crippen MR) is 59.1 cm³/mol. The van der Waals surface area contributed by atoms with Crippen molar-refractivity contribution in [1.82, 2.24) is 4.98 Å². The highest BCUT2D eigenvalue weighted by Crippen LogP contribution is 2.22. The molecule has 2 nitrogen and oxygen atoms in total. The summed E-state index contributed by atoms with van der Waals surface area (Å²) in [6.45, 7) is 0. The summed E-state index contributed by atoms with van der Waals surface area (Å²) >= 11 is 5.78. The van der Waals surface area contributed by atoms with Gasteiger partial charge < -0.3 is 5.73 Å². The molecule has 2 rings (SSSR count). The molecule has 0 aliphatic carbocycles. The molecule has 1 aromatic heterocycles. The maximum absolute atomic E-state index is 12.7. The summed E-state index contributed by atoms with van der Waals surface area (Å²) in [5, 5.41) is 0.261. The fourth-order valence-corrected chi connectivity index (χ4v) is 1.38. The number of rotatable bonds is 1. The second-order valence-corrected chi connectivity index (χ2v) is 3.44. The normalized spacial score (nSPS) is 10.3. The largest absolute Gasteiger partial charge is 0.396 e. The van der Waals surface area contributed by atoms with Gasteiger partial charge in [-0.3, -0.25) is 0 Å². The van der Waals surface area contributed by atoms with E-state index in [2.05, 4.69) is 4.98 Å². The predicted octanol–water partition coefficient (Wildman–Crippen LogP) is 3.12. The number of nitrogen functional groups attached to an aromatic ring is 1. The minimum absolute atomic E-state index is 0.261. The zero-order valence-electron chi connectivity index (χ0n) is 7.74. The number of aromatic nitrogens is 1. The third-order valence-corrected chi connectivity index (χ3v) is 2.32. The van der Waals surface area contributed by atoms with E-state index in [4.69, 9.17) is 17.3 Å². The van der Waals surface area contributed by atoms with Crippen LogP contribution in [0.5, 0.6) is 0 Å². The number of hydrogen-bond donors (Lipinski definition) is 1. The summed E-state index contributed by atoms with van der Waals surface area (Å²) in [5.74, 6) is -0.278. The van der Waals surface area contributed by atoms with Crippen molar-refractivity contribution >= 4 is 17.3 Å². The van der Waals surface area contributed by atoms with Crippen LogP contribution in [0.1, 0.15) is 0 Å². The number of anilines is 1. The van der Waals surface area contributed by atoms with Crippen LogP contribution in [0, 0.1) is 5.82 Å². The summed E-state index contributed by atoms with van der Waals surface area (Å²) in [6, 6.07) is 9.46. The van der Waals surface area contributed by atoms with Crippen LogP contribution in [0.25, 0.3) is 11.3 Å². The van der Waals surface area contributed by atoms with Gasteiger partial charge >= 0.3 is 0 Å². The summed E-state index contributed by atoms with van der Waals surface area (Å²) in [6.07, 6.45) is 0. The average Bonchev–Trinajstić information content (AvgIpc) is 2.23. The van der Waals surface area contributed by atoms with Crippen LogP contribution in [0.15, 0.2) is 36.4 Å². The minimum atomic E-state index is -0.278. The van der Waals surface area contributed by atoms with E-state index in [1.54, 1.807) is 24.3 Å². The lowest BCUT2D eigenvalue weighted by molar-refractivity contribution is 0.628. The van der Waals surface area contributed by atoms with E-state index in [0.29, 0.717) is 11.4 Å². The number of benzene rings is 1. The second-order valence-electron chi connectivity index (χ2n) is 3.08. The standard InChI is InChI=1S/C11H8ClFN2/c12-11-9(14)5-6-10(15-11)7-1-3-8(13)4-2-7/h1-6H,14H2. The maximum Gasteiger partial charge on any atom is 0.152 e. The molecule has 0 amide bonds. The molecule has 0 unspecified atom stereocenters. The highest BCUT2D eigenvalue weighted by atomic mass is 35.5.